The first-order valence-electron chi connectivity index (χ1n) is 10.4. The number of aromatic nitrogens is 3. The highest BCUT2D eigenvalue weighted by Crippen LogP contribution is 2.29. The summed E-state index contributed by atoms with van der Waals surface area (Å²) < 4.78 is 7.07. The fourth-order valence-electron chi connectivity index (χ4n) is 3.74. The Morgan fingerprint density at radius 2 is 1.69 bits per heavy atom. The standard InChI is InChI=1S/C26H22N4O2/c1-32-22-14-8-11-20(16-22)27-17-19-15-23-24(18-9-4-2-5-10-18)29-30(25(23)28-26(19)31)21-12-6-3-7-13-21/h2-16,27H,17H2,1H3,(H,28,31). The Bertz CT molecular complexity index is 1420. The number of ether oxygens (including phenoxy) is 1. The molecule has 2 aromatic heterocycles. The van der Waals surface area contributed by atoms with E-state index in [1.165, 1.54) is 0 Å². The minimum Gasteiger partial charge on any atom is -0.497 e. The van der Waals surface area contributed by atoms with Crippen LogP contribution in [0.2, 0.25) is 0 Å². The first-order valence-corrected chi connectivity index (χ1v) is 10.4. The molecule has 0 aliphatic carbocycles. The van der Waals surface area contributed by atoms with Crippen molar-refractivity contribution in [1.82, 2.24) is 14.8 Å². The molecule has 0 fully saturated rings. The van der Waals surface area contributed by atoms with Crippen LogP contribution in [0.15, 0.2) is 95.8 Å². The summed E-state index contributed by atoms with van der Waals surface area (Å²) in [6, 6.07) is 29.4. The molecule has 0 saturated heterocycles. The van der Waals surface area contributed by atoms with Gasteiger partial charge in [-0.15, -0.1) is 0 Å². The normalized spacial score (nSPS) is 10.9. The molecule has 0 atom stereocenters. The predicted octanol–water partition coefficient (Wildman–Crippen LogP) is 5.00. The van der Waals surface area contributed by atoms with E-state index in [1.807, 2.05) is 91.0 Å². The molecule has 0 saturated carbocycles. The number of hydrogen-bond donors (Lipinski definition) is 2. The third kappa shape index (κ3) is 3.74. The number of nitrogens with zero attached hydrogens (tertiary/aromatic N) is 2. The summed E-state index contributed by atoms with van der Waals surface area (Å²) in [5.41, 5.74) is 4.74. The van der Waals surface area contributed by atoms with Crippen LogP contribution in [0.4, 0.5) is 5.69 Å². The van der Waals surface area contributed by atoms with Crippen LogP contribution in [0.3, 0.4) is 0 Å². The number of benzene rings is 3. The molecule has 2 heterocycles. The second-order valence-electron chi connectivity index (χ2n) is 7.43. The van der Waals surface area contributed by atoms with Crippen molar-refractivity contribution >= 4 is 16.7 Å². The summed E-state index contributed by atoms with van der Waals surface area (Å²) in [7, 11) is 1.63. The molecule has 0 bridgehead atoms. The lowest BCUT2D eigenvalue weighted by atomic mass is 10.1. The van der Waals surface area contributed by atoms with Crippen LogP contribution in [-0.4, -0.2) is 21.9 Å². The molecule has 5 rings (SSSR count). The van der Waals surface area contributed by atoms with Crippen LogP contribution in [-0.2, 0) is 6.54 Å². The second kappa shape index (κ2) is 8.43. The number of para-hydroxylation sites is 1. The number of nitrogens with one attached hydrogen (secondary N) is 2. The Balaban J connectivity index is 1.60. The van der Waals surface area contributed by atoms with E-state index >= 15 is 0 Å². The van der Waals surface area contributed by atoms with Gasteiger partial charge in [0.05, 0.1) is 12.8 Å². The van der Waals surface area contributed by atoms with Gasteiger partial charge in [-0.25, -0.2) is 4.68 Å². The molecule has 0 aliphatic rings. The molecule has 3 aromatic carbocycles. The van der Waals surface area contributed by atoms with Crippen LogP contribution in [0.25, 0.3) is 28.0 Å². The molecule has 0 spiro atoms. The summed E-state index contributed by atoms with van der Waals surface area (Å²) in [5.74, 6) is 0.759. The molecular weight excluding hydrogens is 400 g/mol. The summed E-state index contributed by atoms with van der Waals surface area (Å²) in [4.78, 5) is 16.0. The summed E-state index contributed by atoms with van der Waals surface area (Å²) in [5, 5.41) is 9.07. The number of aromatic amines is 1. The van der Waals surface area contributed by atoms with E-state index in [1.54, 1.807) is 11.8 Å². The van der Waals surface area contributed by atoms with E-state index in [9.17, 15) is 4.79 Å². The highest BCUT2D eigenvalue weighted by atomic mass is 16.5. The fraction of sp³-hybridized carbons (Fsp3) is 0.0769. The van der Waals surface area contributed by atoms with Gasteiger partial charge in [0.1, 0.15) is 17.1 Å². The third-order valence-corrected chi connectivity index (χ3v) is 5.36. The Morgan fingerprint density at radius 3 is 2.44 bits per heavy atom. The molecule has 0 aliphatic heterocycles. The SMILES string of the molecule is COc1cccc(NCc2cc3c(-c4ccccc4)nn(-c4ccccc4)c3[nH]c2=O)c1. The molecule has 158 valence electrons. The zero-order valence-corrected chi connectivity index (χ0v) is 17.6. The minimum atomic E-state index is -0.149. The van der Waals surface area contributed by atoms with Crippen LogP contribution in [0.5, 0.6) is 5.75 Å². The van der Waals surface area contributed by atoms with Gasteiger partial charge in [-0.05, 0) is 30.3 Å². The lowest BCUT2D eigenvalue weighted by Crippen LogP contribution is -2.16. The third-order valence-electron chi connectivity index (χ3n) is 5.36. The topological polar surface area (TPSA) is 71.9 Å². The van der Waals surface area contributed by atoms with Gasteiger partial charge in [-0.1, -0.05) is 54.6 Å². The van der Waals surface area contributed by atoms with Gasteiger partial charge in [0, 0.05) is 34.8 Å². The predicted molar refractivity (Wildman–Crippen MR) is 127 cm³/mol. The Morgan fingerprint density at radius 1 is 0.938 bits per heavy atom. The van der Waals surface area contributed by atoms with Crippen molar-refractivity contribution in [2.75, 3.05) is 12.4 Å². The van der Waals surface area contributed by atoms with Crippen LogP contribution in [0.1, 0.15) is 5.56 Å². The van der Waals surface area contributed by atoms with Crippen molar-refractivity contribution in [3.05, 3.63) is 107 Å². The van der Waals surface area contributed by atoms with E-state index in [-0.39, 0.29) is 5.56 Å². The van der Waals surface area contributed by atoms with Gasteiger partial charge >= 0.3 is 0 Å². The summed E-state index contributed by atoms with van der Waals surface area (Å²) in [6.07, 6.45) is 0. The van der Waals surface area contributed by atoms with Crippen molar-refractivity contribution in [1.29, 1.82) is 0 Å². The Labute approximate surface area is 185 Å². The van der Waals surface area contributed by atoms with E-state index in [4.69, 9.17) is 9.84 Å². The van der Waals surface area contributed by atoms with Crippen molar-refractivity contribution < 1.29 is 4.74 Å². The Hall–Kier alpha value is -4.32. The van der Waals surface area contributed by atoms with Gasteiger partial charge in [0.15, 0.2) is 0 Å². The quantitative estimate of drug-likeness (QED) is 0.404. The van der Waals surface area contributed by atoms with Gasteiger partial charge in [-0.3, -0.25) is 4.79 Å². The number of methoxy groups -OCH3 is 1. The molecule has 6 nitrogen and oxygen atoms in total. The maximum absolute atomic E-state index is 12.9. The van der Waals surface area contributed by atoms with E-state index in [0.717, 1.165) is 33.8 Å². The first-order chi connectivity index (χ1) is 15.7. The number of fused-ring (bicyclic) bond motifs is 1. The van der Waals surface area contributed by atoms with Crippen molar-refractivity contribution in [3.8, 4) is 22.7 Å². The van der Waals surface area contributed by atoms with Gasteiger partial charge in [0.25, 0.3) is 5.56 Å². The van der Waals surface area contributed by atoms with Gasteiger partial charge < -0.3 is 15.0 Å². The van der Waals surface area contributed by atoms with E-state index < -0.39 is 0 Å². The van der Waals surface area contributed by atoms with Crippen molar-refractivity contribution in [3.63, 3.8) is 0 Å². The highest BCUT2D eigenvalue weighted by molar-refractivity contribution is 5.92. The molecule has 6 heteroatoms. The average molecular weight is 422 g/mol. The highest BCUT2D eigenvalue weighted by Gasteiger charge is 2.16. The van der Waals surface area contributed by atoms with Gasteiger partial charge in [-0.2, -0.15) is 5.10 Å². The largest absolute Gasteiger partial charge is 0.497 e. The number of pyridine rings is 1. The number of H-pyrrole nitrogens is 1. The second-order valence-corrected chi connectivity index (χ2v) is 7.43. The van der Waals surface area contributed by atoms with E-state index in [2.05, 4.69) is 10.3 Å². The lowest BCUT2D eigenvalue weighted by molar-refractivity contribution is 0.415. The summed E-state index contributed by atoms with van der Waals surface area (Å²) >= 11 is 0. The first kappa shape index (κ1) is 19.6. The van der Waals surface area contributed by atoms with Gasteiger partial charge in [0.2, 0.25) is 0 Å². The van der Waals surface area contributed by atoms with Crippen LogP contribution in [0, 0.1) is 0 Å². The molecule has 0 unspecified atom stereocenters. The molecule has 5 aromatic rings. The number of anilines is 1. The summed E-state index contributed by atoms with van der Waals surface area (Å²) in [6.45, 7) is 0.378. The minimum absolute atomic E-state index is 0.149. The average Bonchev–Trinajstić information content (AvgIpc) is 3.22. The molecule has 0 amide bonds. The molecule has 32 heavy (non-hydrogen) atoms. The zero-order chi connectivity index (χ0) is 21.9. The lowest BCUT2D eigenvalue weighted by Gasteiger charge is -2.08. The van der Waals surface area contributed by atoms with Crippen LogP contribution >= 0.6 is 0 Å². The molecular formula is C26H22N4O2. The zero-order valence-electron chi connectivity index (χ0n) is 17.6. The number of hydrogen-bond acceptors (Lipinski definition) is 4. The monoisotopic (exact) mass is 422 g/mol. The number of rotatable bonds is 6. The molecule has 0 radical (unpaired) electrons. The Kier molecular flexibility index (Phi) is 5.17. The fourth-order valence-corrected chi connectivity index (χ4v) is 3.74. The van der Waals surface area contributed by atoms with Crippen molar-refractivity contribution in [2.45, 2.75) is 6.54 Å². The maximum Gasteiger partial charge on any atom is 0.254 e. The van der Waals surface area contributed by atoms with E-state index in [0.29, 0.717) is 17.8 Å². The van der Waals surface area contributed by atoms with Crippen molar-refractivity contribution in [2.24, 2.45) is 0 Å². The smallest absolute Gasteiger partial charge is 0.254 e. The molecule has 2 N–H and O–H groups in total. The maximum atomic E-state index is 12.9. The van der Waals surface area contributed by atoms with Crippen LogP contribution < -0.4 is 15.6 Å².